The van der Waals surface area contributed by atoms with Crippen LogP contribution in [0, 0.1) is 0 Å². The monoisotopic (exact) mass is 715 g/mol. The lowest BCUT2D eigenvalue weighted by atomic mass is 9.81. The van der Waals surface area contributed by atoms with Gasteiger partial charge in [0.2, 0.25) is 0 Å². The Kier molecular flexibility index (Phi) is 7.99. The molecule has 2 heteroatoms. The van der Waals surface area contributed by atoms with Crippen LogP contribution in [-0.4, -0.2) is 0 Å². The van der Waals surface area contributed by atoms with Crippen molar-refractivity contribution in [1.82, 2.24) is 0 Å². The zero-order valence-corrected chi connectivity index (χ0v) is 33.3. The van der Waals surface area contributed by atoms with Crippen LogP contribution in [-0.2, 0) is 16.2 Å². The Hall–Kier alpha value is -5.86. The number of benzene rings is 7. The maximum atomic E-state index is 6.68. The van der Waals surface area contributed by atoms with Crippen LogP contribution in [0.4, 0.5) is 17.1 Å². The summed E-state index contributed by atoms with van der Waals surface area (Å²) in [4.78, 5) is 2.45. The van der Waals surface area contributed by atoms with E-state index in [4.69, 9.17) is 4.42 Å². The summed E-state index contributed by atoms with van der Waals surface area (Å²) in [5.41, 5.74) is 17.9. The first-order chi connectivity index (χ1) is 26.3. The van der Waals surface area contributed by atoms with Crippen LogP contribution in [0.3, 0.4) is 0 Å². The second-order valence-electron chi connectivity index (χ2n) is 17.9. The minimum absolute atomic E-state index is 0.0134. The minimum Gasteiger partial charge on any atom is -0.456 e. The van der Waals surface area contributed by atoms with Gasteiger partial charge in [0, 0.05) is 22.2 Å². The van der Waals surface area contributed by atoms with Crippen molar-refractivity contribution in [2.75, 3.05) is 4.90 Å². The lowest BCUT2D eigenvalue weighted by Crippen LogP contribution is -2.17. The third-order valence-electron chi connectivity index (χ3n) is 11.8. The molecule has 0 aliphatic heterocycles. The molecule has 0 saturated carbocycles. The molecule has 0 amide bonds. The fourth-order valence-corrected chi connectivity index (χ4v) is 8.63. The predicted molar refractivity (Wildman–Crippen MR) is 234 cm³/mol. The molecule has 0 bridgehead atoms. The van der Waals surface area contributed by atoms with E-state index in [0.717, 1.165) is 39.0 Å². The molecule has 0 unspecified atom stereocenters. The van der Waals surface area contributed by atoms with Crippen molar-refractivity contribution in [2.45, 2.75) is 71.6 Å². The van der Waals surface area contributed by atoms with Gasteiger partial charge in [-0.25, -0.2) is 0 Å². The summed E-state index contributed by atoms with van der Waals surface area (Å²) in [5, 5.41) is 2.24. The molecule has 0 atom stereocenters. The summed E-state index contributed by atoms with van der Waals surface area (Å²) in [6, 6.07) is 56.1. The molecule has 1 heterocycles. The van der Waals surface area contributed by atoms with Crippen LogP contribution in [0.5, 0.6) is 0 Å². The van der Waals surface area contributed by atoms with Crippen molar-refractivity contribution in [1.29, 1.82) is 0 Å². The quantitative estimate of drug-likeness (QED) is 0.176. The molecule has 0 N–H and O–H groups in total. The van der Waals surface area contributed by atoms with Crippen LogP contribution in [0.15, 0.2) is 156 Å². The summed E-state index contributed by atoms with van der Waals surface area (Å²) in [7, 11) is 0. The highest BCUT2D eigenvalue weighted by Gasteiger charge is 2.38. The Morgan fingerprint density at radius 1 is 0.473 bits per heavy atom. The van der Waals surface area contributed by atoms with Gasteiger partial charge in [-0.05, 0) is 109 Å². The van der Waals surface area contributed by atoms with Crippen LogP contribution >= 0.6 is 0 Å². The standard InChI is InChI=1S/C53H49NO/c1-51(2,3)37-25-21-34(22-26-37)35-23-28-39(29-24-35)54(46-19-14-20-47-50(46)42-30-27-38(52(4,5)6)31-48(42)55-47)40-32-43(36-15-10-9-11-16-36)49-41-17-12-13-18-44(41)53(7,8)45(49)33-40/h9-33H,1-8H3. The van der Waals surface area contributed by atoms with Crippen molar-refractivity contribution >= 4 is 39.0 Å². The average molecular weight is 716 g/mol. The summed E-state index contributed by atoms with van der Waals surface area (Å²) in [5.74, 6) is 0. The molecule has 0 spiro atoms. The normalized spacial score (nSPS) is 13.6. The van der Waals surface area contributed by atoms with Crippen LogP contribution < -0.4 is 4.90 Å². The van der Waals surface area contributed by atoms with E-state index in [-0.39, 0.29) is 16.2 Å². The predicted octanol–water partition coefficient (Wildman–Crippen LogP) is 15.3. The number of rotatable bonds is 5. The first-order valence-corrected chi connectivity index (χ1v) is 19.6. The van der Waals surface area contributed by atoms with E-state index in [9.17, 15) is 0 Å². The van der Waals surface area contributed by atoms with E-state index in [1.807, 2.05) is 0 Å². The highest BCUT2D eigenvalue weighted by atomic mass is 16.3. The van der Waals surface area contributed by atoms with Gasteiger partial charge in [-0.15, -0.1) is 0 Å². The Labute approximate surface area is 326 Å². The molecule has 55 heavy (non-hydrogen) atoms. The molecule has 0 saturated heterocycles. The van der Waals surface area contributed by atoms with Gasteiger partial charge in [0.15, 0.2) is 0 Å². The smallest absolute Gasteiger partial charge is 0.137 e. The number of hydrogen-bond acceptors (Lipinski definition) is 2. The van der Waals surface area contributed by atoms with Gasteiger partial charge in [0.05, 0.1) is 11.1 Å². The highest BCUT2D eigenvalue weighted by Crippen LogP contribution is 2.55. The molecule has 0 fully saturated rings. The van der Waals surface area contributed by atoms with Crippen molar-refractivity contribution < 1.29 is 4.42 Å². The van der Waals surface area contributed by atoms with Gasteiger partial charge >= 0.3 is 0 Å². The lowest BCUT2D eigenvalue weighted by molar-refractivity contribution is 0.587. The summed E-state index contributed by atoms with van der Waals surface area (Å²) in [6.45, 7) is 18.3. The van der Waals surface area contributed by atoms with E-state index in [1.165, 1.54) is 55.6 Å². The van der Waals surface area contributed by atoms with E-state index in [2.05, 4.69) is 212 Å². The second kappa shape index (κ2) is 12.6. The van der Waals surface area contributed by atoms with E-state index in [0.29, 0.717) is 0 Å². The van der Waals surface area contributed by atoms with E-state index >= 15 is 0 Å². The fraction of sp³-hybridized carbons (Fsp3) is 0.208. The summed E-state index contributed by atoms with van der Waals surface area (Å²) < 4.78 is 6.68. The third-order valence-corrected chi connectivity index (χ3v) is 11.8. The molecule has 1 aliphatic carbocycles. The molecule has 2 nitrogen and oxygen atoms in total. The minimum atomic E-state index is -0.183. The van der Waals surface area contributed by atoms with Crippen molar-refractivity contribution in [2.24, 2.45) is 0 Å². The zero-order valence-electron chi connectivity index (χ0n) is 33.3. The third kappa shape index (κ3) is 5.87. The number of hydrogen-bond donors (Lipinski definition) is 0. The van der Waals surface area contributed by atoms with E-state index < -0.39 is 0 Å². The zero-order chi connectivity index (χ0) is 38.3. The molecule has 272 valence electrons. The van der Waals surface area contributed by atoms with Gasteiger partial charge in [0.25, 0.3) is 0 Å². The first-order valence-electron chi connectivity index (χ1n) is 19.6. The average Bonchev–Trinajstić information content (AvgIpc) is 3.67. The molecule has 8 aromatic rings. The molecule has 1 aliphatic rings. The Balaban J connectivity index is 1.29. The largest absolute Gasteiger partial charge is 0.456 e. The molecule has 9 rings (SSSR count). The second-order valence-corrected chi connectivity index (χ2v) is 17.9. The molecule has 7 aromatic carbocycles. The first kappa shape index (κ1) is 34.9. The van der Waals surface area contributed by atoms with Gasteiger partial charge in [-0.3, -0.25) is 0 Å². The number of anilines is 3. The van der Waals surface area contributed by atoms with Crippen LogP contribution in [0.1, 0.15) is 77.6 Å². The maximum Gasteiger partial charge on any atom is 0.137 e. The van der Waals surface area contributed by atoms with Crippen molar-refractivity contribution in [3.05, 3.63) is 174 Å². The summed E-state index contributed by atoms with van der Waals surface area (Å²) in [6.07, 6.45) is 0. The lowest BCUT2D eigenvalue weighted by Gasteiger charge is -2.30. The SMILES string of the molecule is CC(C)(C)c1ccc(-c2ccc(N(c3cc(-c4ccccc4)c4c(c3)C(C)(C)c3ccccc3-4)c3cccc4oc5cc(C(C)(C)C)ccc5c34)cc2)cc1. The fourth-order valence-electron chi connectivity index (χ4n) is 8.63. The van der Waals surface area contributed by atoms with Gasteiger partial charge in [-0.2, -0.15) is 0 Å². The molecule has 0 radical (unpaired) electrons. The van der Waals surface area contributed by atoms with Crippen LogP contribution in [0.2, 0.25) is 0 Å². The number of furan rings is 1. The Morgan fingerprint density at radius 2 is 1.11 bits per heavy atom. The van der Waals surface area contributed by atoms with Gasteiger partial charge in [0.1, 0.15) is 11.2 Å². The Bertz CT molecular complexity index is 2720. The molecular weight excluding hydrogens is 667 g/mol. The van der Waals surface area contributed by atoms with Crippen molar-refractivity contribution in [3.63, 3.8) is 0 Å². The van der Waals surface area contributed by atoms with Gasteiger partial charge < -0.3 is 9.32 Å². The number of fused-ring (bicyclic) bond motifs is 6. The highest BCUT2D eigenvalue weighted by molar-refractivity contribution is 6.13. The number of nitrogens with zero attached hydrogens (tertiary/aromatic N) is 1. The van der Waals surface area contributed by atoms with Crippen molar-refractivity contribution in [3.8, 4) is 33.4 Å². The van der Waals surface area contributed by atoms with Crippen LogP contribution in [0.25, 0.3) is 55.3 Å². The van der Waals surface area contributed by atoms with Gasteiger partial charge in [-0.1, -0.05) is 165 Å². The molecule has 1 aromatic heterocycles. The summed E-state index contributed by atoms with van der Waals surface area (Å²) >= 11 is 0. The Morgan fingerprint density at radius 3 is 1.80 bits per heavy atom. The maximum absolute atomic E-state index is 6.68. The molecular formula is C53H49NO. The van der Waals surface area contributed by atoms with E-state index in [1.54, 1.807) is 0 Å². The topological polar surface area (TPSA) is 16.4 Å².